The number of sulfone groups is 1. The highest BCUT2D eigenvalue weighted by molar-refractivity contribution is 7.91. The Balaban J connectivity index is 2.39. The third-order valence-corrected chi connectivity index (χ3v) is 6.41. The molecule has 1 rings (SSSR count). The second kappa shape index (κ2) is 8.06. The first kappa shape index (κ1) is 22.6. The SMILES string of the molecule is CC(C)(C)N1CCC[C@H]1CCCS(=O)(=O)CCCC(F)(F)C(F)(F)F. The highest BCUT2D eigenvalue weighted by atomic mass is 32.2. The fourth-order valence-corrected chi connectivity index (χ4v) is 4.71. The van der Waals surface area contributed by atoms with E-state index in [0.717, 1.165) is 19.4 Å². The molecule has 0 aromatic heterocycles. The molecular formula is C16H28F5NO2S. The van der Waals surface area contributed by atoms with Crippen molar-refractivity contribution in [2.24, 2.45) is 0 Å². The largest absolute Gasteiger partial charge is 0.453 e. The second-order valence-corrected chi connectivity index (χ2v) is 10.1. The Morgan fingerprint density at radius 2 is 1.56 bits per heavy atom. The summed E-state index contributed by atoms with van der Waals surface area (Å²) in [7, 11) is -3.61. The van der Waals surface area contributed by atoms with Crippen LogP contribution in [0.25, 0.3) is 0 Å². The van der Waals surface area contributed by atoms with E-state index in [1.165, 1.54) is 0 Å². The molecule has 150 valence electrons. The van der Waals surface area contributed by atoms with Crippen LogP contribution in [0.4, 0.5) is 22.0 Å². The van der Waals surface area contributed by atoms with Crippen molar-refractivity contribution < 1.29 is 30.4 Å². The number of hydrogen-bond acceptors (Lipinski definition) is 3. The molecule has 1 saturated heterocycles. The van der Waals surface area contributed by atoms with E-state index in [-0.39, 0.29) is 11.3 Å². The smallest absolute Gasteiger partial charge is 0.296 e. The molecule has 0 amide bonds. The zero-order valence-electron chi connectivity index (χ0n) is 15.0. The van der Waals surface area contributed by atoms with Crippen molar-refractivity contribution in [1.29, 1.82) is 0 Å². The van der Waals surface area contributed by atoms with Gasteiger partial charge < -0.3 is 0 Å². The van der Waals surface area contributed by atoms with Crippen molar-refractivity contribution in [2.75, 3.05) is 18.1 Å². The maximum Gasteiger partial charge on any atom is 0.453 e. The lowest BCUT2D eigenvalue weighted by Gasteiger charge is -2.37. The molecule has 1 fully saturated rings. The Hall–Kier alpha value is -0.440. The van der Waals surface area contributed by atoms with E-state index >= 15 is 0 Å². The molecule has 0 bridgehead atoms. The van der Waals surface area contributed by atoms with Crippen LogP contribution in [-0.4, -0.2) is 55.0 Å². The first-order chi connectivity index (χ1) is 11.2. The summed E-state index contributed by atoms with van der Waals surface area (Å²) in [4.78, 5) is 2.34. The van der Waals surface area contributed by atoms with Gasteiger partial charge in [0.05, 0.1) is 11.5 Å². The lowest BCUT2D eigenvalue weighted by Crippen LogP contribution is -2.44. The van der Waals surface area contributed by atoms with Crippen LogP contribution in [0.15, 0.2) is 0 Å². The number of likely N-dealkylation sites (tertiary alicyclic amines) is 1. The minimum Gasteiger partial charge on any atom is -0.296 e. The third kappa shape index (κ3) is 7.00. The summed E-state index contributed by atoms with van der Waals surface area (Å²) >= 11 is 0. The van der Waals surface area contributed by atoms with Crippen LogP contribution < -0.4 is 0 Å². The van der Waals surface area contributed by atoms with E-state index in [2.05, 4.69) is 25.7 Å². The topological polar surface area (TPSA) is 37.4 Å². The Morgan fingerprint density at radius 3 is 2.08 bits per heavy atom. The summed E-state index contributed by atoms with van der Waals surface area (Å²) in [5.74, 6) is -5.63. The molecule has 0 aromatic carbocycles. The minimum absolute atomic E-state index is 0.00319. The molecule has 1 heterocycles. The van der Waals surface area contributed by atoms with Gasteiger partial charge >= 0.3 is 12.1 Å². The van der Waals surface area contributed by atoms with E-state index < -0.39 is 40.5 Å². The average Bonchev–Trinajstić information content (AvgIpc) is 2.84. The first-order valence-corrected chi connectivity index (χ1v) is 10.4. The van der Waals surface area contributed by atoms with Gasteiger partial charge in [0.25, 0.3) is 0 Å². The first-order valence-electron chi connectivity index (χ1n) is 8.57. The van der Waals surface area contributed by atoms with E-state index in [1.807, 2.05) is 0 Å². The van der Waals surface area contributed by atoms with Crippen LogP contribution in [0.3, 0.4) is 0 Å². The molecule has 1 aliphatic rings. The molecule has 0 radical (unpaired) electrons. The highest BCUT2D eigenvalue weighted by Crippen LogP contribution is 2.38. The maximum atomic E-state index is 12.8. The second-order valence-electron chi connectivity index (χ2n) is 7.76. The van der Waals surface area contributed by atoms with E-state index in [0.29, 0.717) is 18.9 Å². The zero-order valence-corrected chi connectivity index (χ0v) is 15.8. The monoisotopic (exact) mass is 393 g/mol. The van der Waals surface area contributed by atoms with Crippen molar-refractivity contribution in [3.8, 4) is 0 Å². The standard InChI is InChI=1S/C16H28F5NO2S/c1-14(2,3)22-10-4-7-13(22)8-5-11-25(23,24)12-6-9-15(17,18)16(19,20)21/h13H,4-12H2,1-3H3/t13-/m0/s1. The van der Waals surface area contributed by atoms with Crippen molar-refractivity contribution in [3.05, 3.63) is 0 Å². The number of nitrogens with zero attached hydrogens (tertiary/aromatic N) is 1. The average molecular weight is 393 g/mol. The predicted molar refractivity (Wildman–Crippen MR) is 87.6 cm³/mol. The molecule has 0 N–H and O–H groups in total. The zero-order chi connectivity index (χ0) is 19.5. The molecule has 9 heteroatoms. The number of hydrogen-bond donors (Lipinski definition) is 0. The van der Waals surface area contributed by atoms with Crippen LogP contribution in [-0.2, 0) is 9.84 Å². The van der Waals surface area contributed by atoms with Gasteiger partial charge in [0.1, 0.15) is 9.84 Å². The van der Waals surface area contributed by atoms with E-state index in [4.69, 9.17) is 0 Å². The van der Waals surface area contributed by atoms with Gasteiger partial charge in [-0.05, 0) is 59.4 Å². The Morgan fingerprint density at radius 1 is 1.00 bits per heavy atom. The van der Waals surface area contributed by atoms with Gasteiger partial charge in [0.15, 0.2) is 0 Å². The van der Waals surface area contributed by atoms with Gasteiger partial charge in [-0.15, -0.1) is 0 Å². The number of rotatable bonds is 8. The van der Waals surface area contributed by atoms with Gasteiger partial charge in [-0.2, -0.15) is 22.0 Å². The third-order valence-electron chi connectivity index (χ3n) is 4.59. The van der Waals surface area contributed by atoms with Crippen LogP contribution in [0, 0.1) is 0 Å². The predicted octanol–water partition coefficient (Wildman–Crippen LogP) is 4.42. The summed E-state index contributed by atoms with van der Waals surface area (Å²) < 4.78 is 85.5. The normalized spacial score (nSPS) is 21.0. The van der Waals surface area contributed by atoms with Crippen molar-refractivity contribution >= 4 is 9.84 Å². The van der Waals surface area contributed by atoms with Gasteiger partial charge in [0, 0.05) is 18.0 Å². The fourth-order valence-electron chi connectivity index (χ4n) is 3.32. The molecule has 0 spiro atoms. The van der Waals surface area contributed by atoms with Crippen LogP contribution in [0.5, 0.6) is 0 Å². The molecule has 0 aliphatic carbocycles. The van der Waals surface area contributed by atoms with Gasteiger partial charge in [-0.3, -0.25) is 4.90 Å². The van der Waals surface area contributed by atoms with Crippen molar-refractivity contribution in [1.82, 2.24) is 4.90 Å². The molecule has 1 aliphatic heterocycles. The van der Waals surface area contributed by atoms with Crippen molar-refractivity contribution in [3.63, 3.8) is 0 Å². The van der Waals surface area contributed by atoms with Gasteiger partial charge in [0.2, 0.25) is 0 Å². The summed E-state index contributed by atoms with van der Waals surface area (Å²) in [6.07, 6.45) is -4.67. The summed E-state index contributed by atoms with van der Waals surface area (Å²) in [5.41, 5.74) is 0.00319. The van der Waals surface area contributed by atoms with Gasteiger partial charge in [-0.1, -0.05) is 0 Å². The lowest BCUT2D eigenvalue weighted by atomic mass is 10.0. The van der Waals surface area contributed by atoms with Crippen LogP contribution in [0.1, 0.15) is 59.3 Å². The molecule has 0 saturated carbocycles. The summed E-state index contributed by atoms with van der Waals surface area (Å²) in [6, 6.07) is 0.296. The molecule has 0 aromatic rings. The highest BCUT2D eigenvalue weighted by Gasteiger charge is 2.56. The molecule has 3 nitrogen and oxygen atoms in total. The fraction of sp³-hybridized carbons (Fsp3) is 1.00. The van der Waals surface area contributed by atoms with E-state index in [1.54, 1.807) is 0 Å². The Kier molecular flexibility index (Phi) is 7.29. The lowest BCUT2D eigenvalue weighted by molar-refractivity contribution is -0.284. The van der Waals surface area contributed by atoms with Crippen LogP contribution >= 0.6 is 0 Å². The maximum absolute atomic E-state index is 12.8. The molecule has 1 atom stereocenters. The van der Waals surface area contributed by atoms with Crippen LogP contribution in [0.2, 0.25) is 0 Å². The Bertz CT molecular complexity index is 526. The molecular weight excluding hydrogens is 365 g/mol. The van der Waals surface area contributed by atoms with E-state index in [9.17, 15) is 30.4 Å². The Labute approximate surface area is 146 Å². The number of alkyl halides is 5. The summed E-state index contributed by atoms with van der Waals surface area (Å²) in [6.45, 7) is 7.27. The number of halogens is 5. The van der Waals surface area contributed by atoms with Crippen molar-refractivity contribution in [2.45, 2.75) is 83.0 Å². The quantitative estimate of drug-likeness (QED) is 0.573. The minimum atomic E-state index is -5.63. The summed E-state index contributed by atoms with van der Waals surface area (Å²) in [5, 5.41) is 0. The molecule has 0 unspecified atom stereocenters. The molecule has 25 heavy (non-hydrogen) atoms. The van der Waals surface area contributed by atoms with Gasteiger partial charge in [-0.25, -0.2) is 8.42 Å².